The minimum atomic E-state index is 0.691. The van der Waals surface area contributed by atoms with Gasteiger partial charge in [-0.25, -0.2) is 0 Å². The summed E-state index contributed by atoms with van der Waals surface area (Å²) in [6.45, 7) is 1.38. The molecule has 0 aliphatic heterocycles. The molecular weight excluding hydrogens is 252 g/mol. The second kappa shape index (κ2) is 15.9. The molecule has 0 bridgehead atoms. The van der Waals surface area contributed by atoms with Gasteiger partial charge in [-0.3, -0.25) is 0 Å². The molecule has 58 valence electrons. The van der Waals surface area contributed by atoms with Gasteiger partial charge in [0, 0.05) is 14.2 Å². The molecule has 9 heavy (non-hydrogen) atoms. The Labute approximate surface area is 73.2 Å². The Hall–Kier alpha value is 0.880. The predicted molar refractivity (Wildman–Crippen MR) is 46.5 cm³/mol. The molecular formula is C5H12Br2O2. The van der Waals surface area contributed by atoms with E-state index in [1.165, 1.54) is 0 Å². The maximum Gasteiger partial charge on any atom is 0.0696 e. The fourth-order valence-corrected chi connectivity index (χ4v) is 0.167. The Bertz CT molecular complexity index is 32.1. The lowest BCUT2D eigenvalue weighted by molar-refractivity contribution is 0.103. The van der Waals surface area contributed by atoms with Gasteiger partial charge < -0.3 is 9.47 Å². The molecule has 0 fully saturated rings. The molecule has 0 aromatic heterocycles. The fraction of sp³-hybridized carbons (Fsp3) is 1.00. The number of ether oxygens (including phenoxy) is 2. The van der Waals surface area contributed by atoms with Gasteiger partial charge in [0.25, 0.3) is 0 Å². The van der Waals surface area contributed by atoms with E-state index in [0.717, 1.165) is 4.24 Å². The van der Waals surface area contributed by atoms with E-state index >= 15 is 0 Å². The van der Waals surface area contributed by atoms with Crippen LogP contribution in [0, 0.1) is 0 Å². The zero-order valence-corrected chi connectivity index (χ0v) is 8.87. The van der Waals surface area contributed by atoms with Crippen LogP contribution < -0.4 is 0 Å². The summed E-state index contributed by atoms with van der Waals surface area (Å²) in [4.78, 5) is 0. The molecule has 0 rings (SSSR count). The topological polar surface area (TPSA) is 18.5 Å². The second-order valence-electron chi connectivity index (χ2n) is 1.09. The number of alkyl halides is 2. The normalized spacial score (nSPS) is 8.00. The average molecular weight is 264 g/mol. The molecule has 0 heterocycles. The maximum atomic E-state index is 4.66. The van der Waals surface area contributed by atoms with Crippen LogP contribution in [0.25, 0.3) is 0 Å². The molecule has 2 nitrogen and oxygen atoms in total. The van der Waals surface area contributed by atoms with Crippen molar-refractivity contribution in [3.8, 4) is 0 Å². The summed E-state index contributed by atoms with van der Waals surface area (Å²) in [5.41, 5.74) is 0. The summed E-state index contributed by atoms with van der Waals surface area (Å²) in [6.07, 6.45) is 0. The lowest BCUT2D eigenvalue weighted by atomic mass is 10.8. The lowest BCUT2D eigenvalue weighted by Crippen LogP contribution is -1.96. The number of rotatable bonds is 3. The molecule has 0 radical (unpaired) electrons. The standard InChI is InChI=1S/C4H10O2.CH2Br2/c1-5-3-4-6-2;2-1-3/h3-4H2,1-2H3;1H2. The first-order chi connectivity index (χ1) is 4.33. The minimum absolute atomic E-state index is 0.691. The van der Waals surface area contributed by atoms with E-state index in [0.29, 0.717) is 13.2 Å². The van der Waals surface area contributed by atoms with Crippen LogP contribution in [-0.2, 0) is 9.47 Å². The average Bonchev–Trinajstić information content (AvgIpc) is 1.86. The molecule has 0 unspecified atom stereocenters. The van der Waals surface area contributed by atoms with Crippen molar-refractivity contribution in [2.24, 2.45) is 0 Å². The van der Waals surface area contributed by atoms with Crippen LogP contribution >= 0.6 is 31.9 Å². The zero-order valence-electron chi connectivity index (χ0n) is 5.69. The first-order valence-electron chi connectivity index (χ1n) is 2.43. The molecule has 0 spiro atoms. The van der Waals surface area contributed by atoms with E-state index in [9.17, 15) is 0 Å². The summed E-state index contributed by atoms with van der Waals surface area (Å²) in [6, 6.07) is 0. The number of hydrogen-bond acceptors (Lipinski definition) is 2. The monoisotopic (exact) mass is 262 g/mol. The van der Waals surface area contributed by atoms with Gasteiger partial charge in [0.1, 0.15) is 0 Å². The van der Waals surface area contributed by atoms with Crippen LogP contribution in [0.2, 0.25) is 0 Å². The van der Waals surface area contributed by atoms with Crippen LogP contribution in [0.1, 0.15) is 0 Å². The molecule has 0 saturated heterocycles. The fourth-order valence-electron chi connectivity index (χ4n) is 0.167. The van der Waals surface area contributed by atoms with Gasteiger partial charge in [0.15, 0.2) is 0 Å². The van der Waals surface area contributed by atoms with Crippen molar-refractivity contribution in [3.05, 3.63) is 0 Å². The summed E-state index contributed by atoms with van der Waals surface area (Å²) in [5, 5.41) is 0. The van der Waals surface area contributed by atoms with Gasteiger partial charge in [-0.15, -0.1) is 0 Å². The van der Waals surface area contributed by atoms with Crippen molar-refractivity contribution in [2.45, 2.75) is 0 Å². The highest BCUT2D eigenvalue weighted by Crippen LogP contribution is 1.83. The number of halogens is 2. The van der Waals surface area contributed by atoms with Crippen LogP contribution in [0.3, 0.4) is 0 Å². The van der Waals surface area contributed by atoms with Gasteiger partial charge >= 0.3 is 0 Å². The zero-order chi connectivity index (χ0) is 7.54. The minimum Gasteiger partial charge on any atom is -0.382 e. The van der Waals surface area contributed by atoms with Crippen molar-refractivity contribution in [1.29, 1.82) is 0 Å². The summed E-state index contributed by atoms with van der Waals surface area (Å²) in [5.74, 6) is 0. The second-order valence-corrected chi connectivity index (χ2v) is 3.71. The smallest absolute Gasteiger partial charge is 0.0696 e. The summed E-state index contributed by atoms with van der Waals surface area (Å²) < 4.78 is 10.2. The maximum absolute atomic E-state index is 4.66. The predicted octanol–water partition coefficient (Wildman–Crippen LogP) is 2.01. The van der Waals surface area contributed by atoms with E-state index in [1.807, 2.05) is 0 Å². The Morgan fingerprint density at radius 1 is 1.00 bits per heavy atom. The van der Waals surface area contributed by atoms with Crippen LogP contribution in [-0.4, -0.2) is 31.7 Å². The van der Waals surface area contributed by atoms with Crippen molar-refractivity contribution in [3.63, 3.8) is 0 Å². The first kappa shape index (κ1) is 12.5. The highest BCUT2D eigenvalue weighted by Gasteiger charge is 1.73. The summed E-state index contributed by atoms with van der Waals surface area (Å²) in [7, 11) is 3.30. The van der Waals surface area contributed by atoms with Crippen LogP contribution in [0.15, 0.2) is 0 Å². The molecule has 4 heteroatoms. The Morgan fingerprint density at radius 3 is 1.33 bits per heavy atom. The molecule has 0 amide bonds. The van der Waals surface area contributed by atoms with E-state index in [-0.39, 0.29) is 0 Å². The van der Waals surface area contributed by atoms with Crippen LogP contribution in [0.4, 0.5) is 0 Å². The van der Waals surface area contributed by atoms with E-state index in [4.69, 9.17) is 0 Å². The largest absolute Gasteiger partial charge is 0.382 e. The third-order valence-corrected chi connectivity index (χ3v) is 0.492. The Kier molecular flexibility index (Phi) is 22.2. The van der Waals surface area contributed by atoms with E-state index in [2.05, 4.69) is 41.3 Å². The van der Waals surface area contributed by atoms with Gasteiger partial charge in [-0.05, 0) is 0 Å². The molecule has 0 aliphatic rings. The first-order valence-corrected chi connectivity index (χ1v) is 4.67. The van der Waals surface area contributed by atoms with E-state index < -0.39 is 0 Å². The molecule has 0 N–H and O–H groups in total. The Morgan fingerprint density at radius 2 is 1.22 bits per heavy atom. The van der Waals surface area contributed by atoms with Crippen molar-refractivity contribution < 1.29 is 9.47 Å². The van der Waals surface area contributed by atoms with Crippen molar-refractivity contribution >= 4 is 31.9 Å². The van der Waals surface area contributed by atoms with Crippen LogP contribution in [0.5, 0.6) is 0 Å². The quantitative estimate of drug-likeness (QED) is 0.573. The van der Waals surface area contributed by atoms with Crippen molar-refractivity contribution in [2.75, 3.05) is 31.7 Å². The molecule has 0 saturated carbocycles. The van der Waals surface area contributed by atoms with Gasteiger partial charge in [0.05, 0.1) is 17.5 Å². The molecule has 0 aliphatic carbocycles. The lowest BCUT2D eigenvalue weighted by Gasteiger charge is -1.91. The Balaban J connectivity index is 0. The SMILES string of the molecule is BrCBr.COCCOC. The van der Waals surface area contributed by atoms with Gasteiger partial charge in [0.2, 0.25) is 0 Å². The van der Waals surface area contributed by atoms with Gasteiger partial charge in [-0.1, -0.05) is 31.9 Å². The molecule has 0 aromatic carbocycles. The van der Waals surface area contributed by atoms with E-state index in [1.54, 1.807) is 14.2 Å². The highest BCUT2D eigenvalue weighted by molar-refractivity contribution is 9.24. The number of methoxy groups -OCH3 is 2. The molecule has 0 aromatic rings. The summed E-state index contributed by atoms with van der Waals surface area (Å²) >= 11 is 6.12. The third kappa shape index (κ3) is 27.9. The highest BCUT2D eigenvalue weighted by atomic mass is 79.9. The van der Waals surface area contributed by atoms with Gasteiger partial charge in [-0.2, -0.15) is 0 Å². The van der Waals surface area contributed by atoms with Crippen molar-refractivity contribution in [1.82, 2.24) is 0 Å². The molecule has 0 atom stereocenters. The third-order valence-electron chi connectivity index (χ3n) is 0.492. The number of hydrogen-bond donors (Lipinski definition) is 0.